The van der Waals surface area contributed by atoms with E-state index in [0.717, 1.165) is 6.42 Å². The van der Waals surface area contributed by atoms with Crippen LogP contribution >= 0.6 is 0 Å². The molecule has 0 saturated carbocycles. The van der Waals surface area contributed by atoms with Crippen molar-refractivity contribution < 1.29 is 4.92 Å². The summed E-state index contributed by atoms with van der Waals surface area (Å²) in [6.07, 6.45) is 2.35. The van der Waals surface area contributed by atoms with Crippen molar-refractivity contribution in [2.24, 2.45) is 0 Å². The van der Waals surface area contributed by atoms with Crippen LogP contribution in [-0.4, -0.2) is 15.4 Å². The predicted molar refractivity (Wildman–Crippen MR) is 58.9 cm³/mol. The van der Waals surface area contributed by atoms with Crippen LogP contribution < -0.4 is 5.32 Å². The lowest BCUT2D eigenvalue weighted by atomic mass is 10.0. The van der Waals surface area contributed by atoms with Gasteiger partial charge in [-0.05, 0) is 20.3 Å². The first-order chi connectivity index (χ1) is 6.94. The molecule has 0 aliphatic rings. The standard InChI is InChI=1S/C10H15N3O2/c1-4-10(2,3)12-9-7-8(13(14)15)5-6-11-9/h5-7H,4H2,1-3H3,(H,11,12). The molecule has 82 valence electrons. The molecule has 0 unspecified atom stereocenters. The van der Waals surface area contributed by atoms with E-state index in [0.29, 0.717) is 5.82 Å². The van der Waals surface area contributed by atoms with E-state index in [2.05, 4.69) is 10.3 Å². The van der Waals surface area contributed by atoms with Crippen molar-refractivity contribution in [2.45, 2.75) is 32.7 Å². The SMILES string of the molecule is CCC(C)(C)Nc1cc([N+](=O)[O-])ccn1. The van der Waals surface area contributed by atoms with Gasteiger partial charge in [-0.3, -0.25) is 10.1 Å². The molecular formula is C10H15N3O2. The van der Waals surface area contributed by atoms with E-state index in [1.54, 1.807) is 0 Å². The normalized spacial score (nSPS) is 11.1. The second-order valence-corrected chi connectivity index (χ2v) is 4.02. The number of aromatic nitrogens is 1. The highest BCUT2D eigenvalue weighted by molar-refractivity contribution is 5.45. The molecule has 1 aromatic rings. The quantitative estimate of drug-likeness (QED) is 0.611. The zero-order chi connectivity index (χ0) is 11.5. The van der Waals surface area contributed by atoms with Crippen molar-refractivity contribution in [1.29, 1.82) is 0 Å². The molecule has 1 N–H and O–H groups in total. The molecule has 5 nitrogen and oxygen atoms in total. The number of nitrogens with one attached hydrogen (secondary N) is 1. The Kier molecular flexibility index (Phi) is 3.24. The van der Waals surface area contributed by atoms with Crippen molar-refractivity contribution in [3.8, 4) is 0 Å². The Morgan fingerprint density at radius 2 is 2.27 bits per heavy atom. The molecule has 0 aromatic carbocycles. The minimum absolute atomic E-state index is 0.0550. The van der Waals surface area contributed by atoms with Crippen molar-refractivity contribution in [2.75, 3.05) is 5.32 Å². The van der Waals surface area contributed by atoms with Crippen LogP contribution in [-0.2, 0) is 0 Å². The van der Waals surface area contributed by atoms with Gasteiger partial charge in [0.2, 0.25) is 0 Å². The van der Waals surface area contributed by atoms with E-state index >= 15 is 0 Å². The van der Waals surface area contributed by atoms with E-state index in [4.69, 9.17) is 0 Å². The molecule has 0 aliphatic carbocycles. The lowest BCUT2D eigenvalue weighted by molar-refractivity contribution is -0.384. The molecule has 0 amide bonds. The molecule has 15 heavy (non-hydrogen) atoms. The van der Waals surface area contributed by atoms with E-state index in [1.807, 2.05) is 20.8 Å². The lowest BCUT2D eigenvalue weighted by Gasteiger charge is -2.24. The largest absolute Gasteiger partial charge is 0.365 e. The summed E-state index contributed by atoms with van der Waals surface area (Å²) in [4.78, 5) is 14.2. The minimum Gasteiger partial charge on any atom is -0.365 e. The fourth-order valence-corrected chi connectivity index (χ4v) is 1.04. The van der Waals surface area contributed by atoms with E-state index in [9.17, 15) is 10.1 Å². The first-order valence-corrected chi connectivity index (χ1v) is 4.83. The van der Waals surface area contributed by atoms with Gasteiger partial charge in [-0.25, -0.2) is 4.98 Å². The molecule has 0 saturated heterocycles. The van der Waals surface area contributed by atoms with Crippen LogP contribution in [0.2, 0.25) is 0 Å². The Balaban J connectivity index is 2.87. The number of hydrogen-bond acceptors (Lipinski definition) is 4. The van der Waals surface area contributed by atoms with Crippen LogP contribution in [0, 0.1) is 10.1 Å². The van der Waals surface area contributed by atoms with Gasteiger partial charge < -0.3 is 5.32 Å². The first kappa shape index (κ1) is 11.4. The van der Waals surface area contributed by atoms with E-state index in [1.165, 1.54) is 18.3 Å². The first-order valence-electron chi connectivity index (χ1n) is 4.83. The fraction of sp³-hybridized carbons (Fsp3) is 0.500. The molecular weight excluding hydrogens is 194 g/mol. The zero-order valence-electron chi connectivity index (χ0n) is 9.15. The zero-order valence-corrected chi connectivity index (χ0v) is 9.15. The molecule has 1 heterocycles. The van der Waals surface area contributed by atoms with Gasteiger partial charge in [0.1, 0.15) is 5.82 Å². The van der Waals surface area contributed by atoms with Gasteiger partial charge in [-0.15, -0.1) is 0 Å². The van der Waals surface area contributed by atoms with Gasteiger partial charge in [0.15, 0.2) is 0 Å². The van der Waals surface area contributed by atoms with Gasteiger partial charge >= 0.3 is 0 Å². The Morgan fingerprint density at radius 1 is 1.60 bits per heavy atom. The average molecular weight is 209 g/mol. The third-order valence-electron chi connectivity index (χ3n) is 2.30. The van der Waals surface area contributed by atoms with E-state index in [-0.39, 0.29) is 11.2 Å². The van der Waals surface area contributed by atoms with Crippen molar-refractivity contribution in [3.05, 3.63) is 28.4 Å². The Morgan fingerprint density at radius 3 is 2.80 bits per heavy atom. The third-order valence-corrected chi connectivity index (χ3v) is 2.30. The van der Waals surface area contributed by atoms with Crippen molar-refractivity contribution in [1.82, 2.24) is 4.98 Å². The van der Waals surface area contributed by atoms with E-state index < -0.39 is 4.92 Å². The van der Waals surface area contributed by atoms with Crippen molar-refractivity contribution >= 4 is 11.5 Å². The third kappa shape index (κ3) is 3.19. The smallest absolute Gasteiger partial charge is 0.274 e. The highest BCUT2D eigenvalue weighted by atomic mass is 16.6. The summed E-state index contributed by atoms with van der Waals surface area (Å²) in [5, 5.41) is 13.7. The van der Waals surface area contributed by atoms with Crippen LogP contribution in [0.1, 0.15) is 27.2 Å². The highest BCUT2D eigenvalue weighted by Gasteiger charge is 2.16. The van der Waals surface area contributed by atoms with Gasteiger partial charge in [0.25, 0.3) is 5.69 Å². The maximum atomic E-state index is 10.5. The Hall–Kier alpha value is -1.65. The Bertz CT molecular complexity index is 363. The van der Waals surface area contributed by atoms with Crippen LogP contribution in [0.3, 0.4) is 0 Å². The number of pyridine rings is 1. The maximum Gasteiger partial charge on any atom is 0.274 e. The predicted octanol–water partition coefficient (Wildman–Crippen LogP) is 2.59. The van der Waals surface area contributed by atoms with Crippen LogP contribution in [0.4, 0.5) is 11.5 Å². The summed E-state index contributed by atoms with van der Waals surface area (Å²) >= 11 is 0. The molecule has 5 heteroatoms. The summed E-state index contributed by atoms with van der Waals surface area (Å²) in [7, 11) is 0. The van der Waals surface area contributed by atoms with Gasteiger partial charge in [-0.1, -0.05) is 6.92 Å². The number of hydrogen-bond donors (Lipinski definition) is 1. The summed E-state index contributed by atoms with van der Waals surface area (Å²) in [6.45, 7) is 6.09. The molecule has 0 atom stereocenters. The summed E-state index contributed by atoms with van der Waals surface area (Å²) in [5.74, 6) is 0.538. The van der Waals surface area contributed by atoms with Gasteiger partial charge in [-0.2, -0.15) is 0 Å². The molecule has 0 spiro atoms. The topological polar surface area (TPSA) is 68.1 Å². The number of nitrogens with zero attached hydrogens (tertiary/aromatic N) is 2. The van der Waals surface area contributed by atoms with Crippen LogP contribution in [0.15, 0.2) is 18.3 Å². The summed E-state index contributed by atoms with van der Waals surface area (Å²) < 4.78 is 0. The molecule has 0 radical (unpaired) electrons. The van der Waals surface area contributed by atoms with Crippen LogP contribution in [0.5, 0.6) is 0 Å². The van der Waals surface area contributed by atoms with Crippen molar-refractivity contribution in [3.63, 3.8) is 0 Å². The molecule has 0 fully saturated rings. The van der Waals surface area contributed by atoms with Gasteiger partial charge in [0, 0.05) is 17.8 Å². The summed E-state index contributed by atoms with van der Waals surface area (Å²) in [5.41, 5.74) is -0.0539. The second-order valence-electron chi connectivity index (χ2n) is 4.02. The second kappa shape index (κ2) is 4.25. The number of rotatable bonds is 4. The average Bonchev–Trinajstić information content (AvgIpc) is 2.17. The molecule has 1 rings (SSSR count). The maximum absolute atomic E-state index is 10.5. The lowest BCUT2D eigenvalue weighted by Crippen LogP contribution is -2.30. The fourth-order valence-electron chi connectivity index (χ4n) is 1.04. The monoisotopic (exact) mass is 209 g/mol. The number of anilines is 1. The van der Waals surface area contributed by atoms with Gasteiger partial charge in [0.05, 0.1) is 11.0 Å². The highest BCUT2D eigenvalue weighted by Crippen LogP contribution is 2.19. The summed E-state index contributed by atoms with van der Waals surface area (Å²) in [6, 6.07) is 2.82. The van der Waals surface area contributed by atoms with Crippen LogP contribution in [0.25, 0.3) is 0 Å². The Labute approximate surface area is 88.7 Å². The molecule has 1 aromatic heterocycles. The molecule has 0 bridgehead atoms. The minimum atomic E-state index is -0.425. The number of nitro groups is 1. The molecule has 0 aliphatic heterocycles.